The highest BCUT2D eigenvalue weighted by atomic mass is 16.7. The second kappa shape index (κ2) is 4.92. The first-order chi connectivity index (χ1) is 10.9. The van der Waals surface area contributed by atoms with Gasteiger partial charge in [0.25, 0.3) is 0 Å². The van der Waals surface area contributed by atoms with Gasteiger partial charge in [-0.1, -0.05) is 29.4 Å². The normalized spacial score (nSPS) is 22.5. The molecule has 120 valence electrons. The minimum Gasteiger partial charge on any atom is -0.399 e. The number of nitrogens with zero attached hydrogens (tertiary/aromatic N) is 2. The van der Waals surface area contributed by atoms with Gasteiger partial charge in [0.15, 0.2) is 0 Å². The molecule has 1 aliphatic heterocycles. The van der Waals surface area contributed by atoms with Crippen molar-refractivity contribution in [1.29, 1.82) is 0 Å². The second-order valence-electron chi connectivity index (χ2n) is 7.44. The zero-order valence-corrected chi connectivity index (χ0v) is 14.0. The van der Waals surface area contributed by atoms with Crippen LogP contribution in [0.1, 0.15) is 52.3 Å². The van der Waals surface area contributed by atoms with Crippen molar-refractivity contribution in [3.05, 3.63) is 30.2 Å². The van der Waals surface area contributed by atoms with Crippen molar-refractivity contribution in [2.24, 2.45) is 0 Å². The summed E-state index contributed by atoms with van der Waals surface area (Å²) in [4.78, 5) is 4.48. The van der Waals surface area contributed by atoms with Crippen molar-refractivity contribution in [2.75, 3.05) is 0 Å². The number of rotatable bonds is 3. The third kappa shape index (κ3) is 2.60. The van der Waals surface area contributed by atoms with Gasteiger partial charge in [0, 0.05) is 11.5 Å². The smallest absolute Gasteiger partial charge is 0.399 e. The molecule has 1 saturated heterocycles. The van der Waals surface area contributed by atoms with Crippen molar-refractivity contribution in [3.63, 3.8) is 0 Å². The van der Waals surface area contributed by atoms with Crippen molar-refractivity contribution in [2.45, 2.75) is 57.7 Å². The first kappa shape index (κ1) is 14.9. The lowest BCUT2D eigenvalue weighted by Gasteiger charge is -2.32. The molecule has 2 heterocycles. The van der Waals surface area contributed by atoms with Gasteiger partial charge < -0.3 is 13.8 Å². The quantitative estimate of drug-likeness (QED) is 0.816. The van der Waals surface area contributed by atoms with Gasteiger partial charge in [-0.15, -0.1) is 0 Å². The van der Waals surface area contributed by atoms with Gasteiger partial charge in [-0.2, -0.15) is 4.98 Å². The van der Waals surface area contributed by atoms with Crippen LogP contribution in [0.5, 0.6) is 0 Å². The predicted octanol–water partition coefficient (Wildman–Crippen LogP) is 2.91. The Labute approximate surface area is 136 Å². The maximum absolute atomic E-state index is 6.07. The van der Waals surface area contributed by atoms with E-state index in [2.05, 4.69) is 37.8 Å². The van der Waals surface area contributed by atoms with E-state index in [1.165, 1.54) is 0 Å². The first-order valence-corrected chi connectivity index (χ1v) is 8.15. The Bertz CT molecular complexity index is 704. The van der Waals surface area contributed by atoms with Gasteiger partial charge in [-0.05, 0) is 46.0 Å². The largest absolute Gasteiger partial charge is 0.494 e. The molecule has 1 aliphatic carbocycles. The maximum atomic E-state index is 6.07. The maximum Gasteiger partial charge on any atom is 0.494 e. The number of hydrogen-bond acceptors (Lipinski definition) is 5. The molecular weight excluding hydrogens is 291 g/mol. The van der Waals surface area contributed by atoms with E-state index in [1.54, 1.807) is 0 Å². The number of benzene rings is 1. The number of hydrogen-bond donors (Lipinski definition) is 0. The van der Waals surface area contributed by atoms with Crippen LogP contribution >= 0.6 is 0 Å². The fourth-order valence-electron chi connectivity index (χ4n) is 2.62. The van der Waals surface area contributed by atoms with E-state index in [-0.39, 0.29) is 18.3 Å². The minimum atomic E-state index is -0.346. The monoisotopic (exact) mass is 312 g/mol. The van der Waals surface area contributed by atoms with E-state index in [1.807, 2.05) is 24.3 Å². The third-order valence-electron chi connectivity index (χ3n) is 5.06. The lowest BCUT2D eigenvalue weighted by atomic mass is 9.79. The van der Waals surface area contributed by atoms with Gasteiger partial charge in [0.1, 0.15) is 0 Å². The zero-order chi connectivity index (χ0) is 16.2. The van der Waals surface area contributed by atoms with Crippen LogP contribution in [0.3, 0.4) is 0 Å². The average Bonchev–Trinajstić information content (AvgIpc) is 3.18. The summed E-state index contributed by atoms with van der Waals surface area (Å²) in [6.07, 6.45) is 2.31. The number of aromatic nitrogens is 2. The van der Waals surface area contributed by atoms with Crippen LogP contribution in [-0.4, -0.2) is 28.5 Å². The van der Waals surface area contributed by atoms with Crippen LogP contribution in [0.25, 0.3) is 11.4 Å². The van der Waals surface area contributed by atoms with Gasteiger partial charge in [0.2, 0.25) is 11.7 Å². The fraction of sp³-hybridized carbons (Fsp3) is 0.529. The summed E-state index contributed by atoms with van der Waals surface area (Å²) in [5, 5.41) is 4.07. The summed E-state index contributed by atoms with van der Waals surface area (Å²) in [7, 11) is -0.346. The lowest BCUT2D eigenvalue weighted by molar-refractivity contribution is 0.00578. The van der Waals surface area contributed by atoms with Crippen LogP contribution in [-0.2, 0) is 9.31 Å². The second-order valence-corrected chi connectivity index (χ2v) is 7.44. The summed E-state index contributed by atoms with van der Waals surface area (Å²) in [5.74, 6) is 1.88. The predicted molar refractivity (Wildman–Crippen MR) is 87.4 cm³/mol. The van der Waals surface area contributed by atoms with Crippen LogP contribution in [0.4, 0.5) is 0 Å². The van der Waals surface area contributed by atoms with Crippen LogP contribution < -0.4 is 5.46 Å². The molecule has 0 bridgehead atoms. The molecular formula is C17H21BN2O3. The molecule has 0 unspecified atom stereocenters. The molecule has 0 atom stereocenters. The van der Waals surface area contributed by atoms with E-state index < -0.39 is 0 Å². The van der Waals surface area contributed by atoms with Crippen molar-refractivity contribution in [1.82, 2.24) is 10.1 Å². The Morgan fingerprint density at radius 2 is 1.61 bits per heavy atom. The Hall–Kier alpha value is -1.66. The third-order valence-corrected chi connectivity index (χ3v) is 5.06. The van der Waals surface area contributed by atoms with E-state index in [4.69, 9.17) is 13.8 Å². The summed E-state index contributed by atoms with van der Waals surface area (Å²) < 4.78 is 17.5. The highest BCUT2D eigenvalue weighted by molar-refractivity contribution is 6.62. The molecule has 2 fully saturated rings. The van der Waals surface area contributed by atoms with E-state index >= 15 is 0 Å². The van der Waals surface area contributed by atoms with Crippen LogP contribution in [0, 0.1) is 0 Å². The molecule has 0 radical (unpaired) electrons. The van der Waals surface area contributed by atoms with Gasteiger partial charge in [-0.25, -0.2) is 0 Å². The Morgan fingerprint density at radius 1 is 1.00 bits per heavy atom. The van der Waals surface area contributed by atoms with Gasteiger partial charge in [-0.3, -0.25) is 0 Å². The molecule has 1 aromatic heterocycles. The zero-order valence-electron chi connectivity index (χ0n) is 14.0. The van der Waals surface area contributed by atoms with Crippen LogP contribution in [0.15, 0.2) is 28.8 Å². The highest BCUT2D eigenvalue weighted by Crippen LogP contribution is 2.39. The molecule has 0 N–H and O–H groups in total. The summed E-state index contributed by atoms with van der Waals surface area (Å²) in [6, 6.07) is 7.99. The standard InChI is InChI=1S/C17H21BN2O3/c1-16(2)17(3,4)23-18(22-16)13-9-7-11(8-10-13)14-19-15(21-20-14)12-5-6-12/h7-10,12H,5-6H2,1-4H3. The van der Waals surface area contributed by atoms with Gasteiger partial charge in [0.05, 0.1) is 11.2 Å². The van der Waals surface area contributed by atoms with E-state index in [9.17, 15) is 0 Å². The molecule has 2 aromatic rings. The Kier molecular flexibility index (Phi) is 3.19. The Balaban J connectivity index is 1.54. The first-order valence-electron chi connectivity index (χ1n) is 8.15. The molecule has 5 nitrogen and oxygen atoms in total. The van der Waals surface area contributed by atoms with Gasteiger partial charge >= 0.3 is 7.12 Å². The van der Waals surface area contributed by atoms with Crippen molar-refractivity contribution >= 4 is 12.6 Å². The topological polar surface area (TPSA) is 57.4 Å². The Morgan fingerprint density at radius 3 is 2.17 bits per heavy atom. The van der Waals surface area contributed by atoms with Crippen molar-refractivity contribution in [3.8, 4) is 11.4 Å². The average molecular weight is 312 g/mol. The molecule has 1 aromatic carbocycles. The summed E-state index contributed by atoms with van der Waals surface area (Å²) in [6.45, 7) is 8.22. The molecule has 4 rings (SSSR count). The fourth-order valence-corrected chi connectivity index (χ4v) is 2.62. The van der Waals surface area contributed by atoms with E-state index in [0.29, 0.717) is 11.7 Å². The molecule has 0 amide bonds. The van der Waals surface area contributed by atoms with Crippen molar-refractivity contribution < 1.29 is 13.8 Å². The molecule has 23 heavy (non-hydrogen) atoms. The van der Waals surface area contributed by atoms with Crippen LogP contribution in [0.2, 0.25) is 0 Å². The minimum absolute atomic E-state index is 0.330. The highest BCUT2D eigenvalue weighted by Gasteiger charge is 2.51. The molecule has 0 spiro atoms. The lowest BCUT2D eigenvalue weighted by Crippen LogP contribution is -2.41. The molecule has 2 aliphatic rings. The van der Waals surface area contributed by atoms with E-state index in [0.717, 1.165) is 29.8 Å². The summed E-state index contributed by atoms with van der Waals surface area (Å²) >= 11 is 0. The SMILES string of the molecule is CC1(C)OB(c2ccc(-c3noc(C4CC4)n3)cc2)OC1(C)C. The summed E-state index contributed by atoms with van der Waals surface area (Å²) in [5.41, 5.74) is 1.28. The molecule has 1 saturated carbocycles. The molecule has 6 heteroatoms.